The lowest BCUT2D eigenvalue weighted by Crippen LogP contribution is -2.25. The molecule has 1 aromatic rings. The molecule has 0 fully saturated rings. The van der Waals surface area contributed by atoms with Crippen LogP contribution in [0.4, 0.5) is 5.69 Å². The highest BCUT2D eigenvalue weighted by Gasteiger charge is 2.08. The number of halogens is 1. The first-order valence-corrected chi connectivity index (χ1v) is 7.24. The molecule has 0 aliphatic heterocycles. The number of nitrogens with two attached hydrogens (primary N) is 1. The molecule has 5 heteroatoms. The van der Waals surface area contributed by atoms with Gasteiger partial charge in [0.2, 0.25) is 0 Å². The lowest BCUT2D eigenvalue weighted by molar-refractivity contribution is 0.0954. The quantitative estimate of drug-likeness (QED) is 0.618. The van der Waals surface area contributed by atoms with Crippen LogP contribution in [0.3, 0.4) is 0 Å². The Hall–Kier alpha value is -0.870. The van der Waals surface area contributed by atoms with Gasteiger partial charge in [-0.1, -0.05) is 11.6 Å². The molecule has 0 radical (unpaired) electrons. The molecule has 0 atom stereocenters. The summed E-state index contributed by atoms with van der Waals surface area (Å²) in [6.45, 7) is 0.682. The Morgan fingerprint density at radius 3 is 2.88 bits per heavy atom. The highest BCUT2D eigenvalue weighted by atomic mass is 35.5. The van der Waals surface area contributed by atoms with Crippen molar-refractivity contribution in [2.45, 2.75) is 12.8 Å². The highest BCUT2D eigenvalue weighted by molar-refractivity contribution is 7.98. The van der Waals surface area contributed by atoms with E-state index >= 15 is 0 Å². The molecule has 0 aromatic heterocycles. The number of anilines is 1. The summed E-state index contributed by atoms with van der Waals surface area (Å²) < 4.78 is 0. The maximum atomic E-state index is 11.8. The molecule has 17 heavy (non-hydrogen) atoms. The van der Waals surface area contributed by atoms with Crippen molar-refractivity contribution in [1.29, 1.82) is 0 Å². The number of carbonyl (C=O) groups is 1. The zero-order valence-corrected chi connectivity index (χ0v) is 11.4. The van der Waals surface area contributed by atoms with Crippen LogP contribution in [0.15, 0.2) is 18.2 Å². The summed E-state index contributed by atoms with van der Waals surface area (Å²) in [5, 5.41) is 3.39. The van der Waals surface area contributed by atoms with Crippen molar-refractivity contribution in [2.24, 2.45) is 0 Å². The number of carbonyl (C=O) groups excluding carboxylic acids is 1. The van der Waals surface area contributed by atoms with Crippen molar-refractivity contribution in [3.05, 3.63) is 28.8 Å². The Bertz CT molecular complexity index is 385. The van der Waals surface area contributed by atoms with Crippen LogP contribution in [-0.2, 0) is 0 Å². The maximum absolute atomic E-state index is 11.8. The van der Waals surface area contributed by atoms with Crippen molar-refractivity contribution in [3.63, 3.8) is 0 Å². The second-order valence-corrected chi connectivity index (χ2v) is 5.11. The summed E-state index contributed by atoms with van der Waals surface area (Å²) in [5.74, 6) is 0.988. The second-order valence-electron chi connectivity index (χ2n) is 3.69. The molecule has 0 unspecified atom stereocenters. The zero-order chi connectivity index (χ0) is 12.7. The molecule has 3 nitrogen and oxygen atoms in total. The van der Waals surface area contributed by atoms with E-state index in [2.05, 4.69) is 11.6 Å². The van der Waals surface area contributed by atoms with E-state index in [9.17, 15) is 4.79 Å². The standard InChI is InChI=1S/C12H17ClN2OS/c1-17-7-3-2-6-15-12(16)10-5-4-9(13)8-11(10)14/h4-5,8H,2-3,6-7,14H2,1H3,(H,15,16). The Morgan fingerprint density at radius 2 is 2.24 bits per heavy atom. The van der Waals surface area contributed by atoms with Gasteiger partial charge in [-0.05, 0) is 43.0 Å². The number of hydrogen-bond donors (Lipinski definition) is 2. The van der Waals surface area contributed by atoms with Crippen molar-refractivity contribution in [1.82, 2.24) is 5.32 Å². The molecule has 0 aliphatic rings. The first kappa shape index (κ1) is 14.2. The third-order valence-corrected chi connectivity index (χ3v) is 3.25. The maximum Gasteiger partial charge on any atom is 0.253 e. The van der Waals surface area contributed by atoms with Crippen LogP contribution in [0, 0.1) is 0 Å². The van der Waals surface area contributed by atoms with Crippen LogP contribution in [-0.4, -0.2) is 24.5 Å². The number of rotatable bonds is 6. The van der Waals surface area contributed by atoms with Crippen LogP contribution >= 0.6 is 23.4 Å². The molecule has 0 spiro atoms. The molecule has 0 saturated heterocycles. The number of hydrogen-bond acceptors (Lipinski definition) is 3. The Kier molecular flexibility index (Phi) is 6.22. The lowest BCUT2D eigenvalue weighted by atomic mass is 10.1. The monoisotopic (exact) mass is 272 g/mol. The molecule has 94 valence electrons. The van der Waals surface area contributed by atoms with Gasteiger partial charge in [0.05, 0.1) is 5.56 Å². The van der Waals surface area contributed by atoms with Gasteiger partial charge >= 0.3 is 0 Å². The van der Waals surface area contributed by atoms with E-state index in [-0.39, 0.29) is 5.91 Å². The van der Waals surface area contributed by atoms with Crippen molar-refractivity contribution >= 4 is 35.0 Å². The minimum absolute atomic E-state index is 0.136. The van der Waals surface area contributed by atoms with E-state index in [1.807, 2.05) is 11.8 Å². The summed E-state index contributed by atoms with van der Waals surface area (Å²) >= 11 is 7.58. The van der Waals surface area contributed by atoms with E-state index in [1.54, 1.807) is 18.2 Å². The largest absolute Gasteiger partial charge is 0.398 e. The highest BCUT2D eigenvalue weighted by Crippen LogP contribution is 2.17. The minimum atomic E-state index is -0.136. The van der Waals surface area contributed by atoms with Gasteiger partial charge in [0.1, 0.15) is 0 Å². The summed E-state index contributed by atoms with van der Waals surface area (Å²) in [5.41, 5.74) is 6.63. The first-order valence-electron chi connectivity index (χ1n) is 5.47. The molecule has 3 N–H and O–H groups in total. The first-order chi connectivity index (χ1) is 8.15. The van der Waals surface area contributed by atoms with Gasteiger partial charge in [-0.3, -0.25) is 4.79 Å². The SMILES string of the molecule is CSCCCCNC(=O)c1ccc(Cl)cc1N. The summed E-state index contributed by atoms with van der Waals surface area (Å²) in [7, 11) is 0. The number of benzene rings is 1. The number of unbranched alkanes of at least 4 members (excludes halogenated alkanes) is 1. The van der Waals surface area contributed by atoms with E-state index < -0.39 is 0 Å². The summed E-state index contributed by atoms with van der Waals surface area (Å²) in [4.78, 5) is 11.8. The van der Waals surface area contributed by atoms with Crippen molar-refractivity contribution in [3.8, 4) is 0 Å². The van der Waals surface area contributed by atoms with Gasteiger partial charge in [0, 0.05) is 17.3 Å². The zero-order valence-electron chi connectivity index (χ0n) is 9.83. The van der Waals surface area contributed by atoms with Crippen LogP contribution in [0.25, 0.3) is 0 Å². The third-order valence-electron chi connectivity index (χ3n) is 2.32. The molecule has 0 aliphatic carbocycles. The molecule has 1 aromatic carbocycles. The Balaban J connectivity index is 2.42. The van der Waals surface area contributed by atoms with Gasteiger partial charge in [-0.2, -0.15) is 11.8 Å². The van der Waals surface area contributed by atoms with E-state index in [1.165, 1.54) is 0 Å². The number of thioether (sulfide) groups is 1. The van der Waals surface area contributed by atoms with Gasteiger partial charge in [-0.25, -0.2) is 0 Å². The lowest BCUT2D eigenvalue weighted by Gasteiger charge is -2.07. The second kappa shape index (κ2) is 7.45. The normalized spacial score (nSPS) is 10.2. The molecule has 0 saturated carbocycles. The molecule has 1 rings (SSSR count). The predicted molar refractivity (Wildman–Crippen MR) is 75.8 cm³/mol. The van der Waals surface area contributed by atoms with Crippen LogP contribution in [0.1, 0.15) is 23.2 Å². The fourth-order valence-electron chi connectivity index (χ4n) is 1.41. The number of amides is 1. The predicted octanol–water partition coefficient (Wildman–Crippen LogP) is 2.80. The van der Waals surface area contributed by atoms with E-state index in [4.69, 9.17) is 17.3 Å². The molecular weight excluding hydrogens is 256 g/mol. The minimum Gasteiger partial charge on any atom is -0.398 e. The summed E-state index contributed by atoms with van der Waals surface area (Å²) in [6, 6.07) is 4.90. The third kappa shape index (κ3) is 4.88. The summed E-state index contributed by atoms with van der Waals surface area (Å²) in [6.07, 6.45) is 4.17. The van der Waals surface area contributed by atoms with Gasteiger partial charge in [0.15, 0.2) is 0 Å². The number of nitrogens with one attached hydrogen (secondary N) is 1. The Morgan fingerprint density at radius 1 is 1.47 bits per heavy atom. The van der Waals surface area contributed by atoms with Gasteiger partial charge in [-0.15, -0.1) is 0 Å². The van der Waals surface area contributed by atoms with Crippen molar-refractivity contribution < 1.29 is 4.79 Å². The Labute approximate surface area is 111 Å². The number of nitrogen functional groups attached to an aromatic ring is 1. The smallest absolute Gasteiger partial charge is 0.253 e. The molecule has 1 amide bonds. The molecule has 0 bridgehead atoms. The topological polar surface area (TPSA) is 55.1 Å². The fraction of sp³-hybridized carbons (Fsp3) is 0.417. The average molecular weight is 273 g/mol. The molecule has 0 heterocycles. The molecular formula is C12H17ClN2OS. The average Bonchev–Trinajstić information content (AvgIpc) is 2.28. The van der Waals surface area contributed by atoms with E-state index in [0.29, 0.717) is 22.8 Å². The van der Waals surface area contributed by atoms with Crippen LogP contribution < -0.4 is 11.1 Å². The van der Waals surface area contributed by atoms with Gasteiger partial charge < -0.3 is 11.1 Å². The van der Waals surface area contributed by atoms with Crippen LogP contribution in [0.2, 0.25) is 5.02 Å². The van der Waals surface area contributed by atoms with Gasteiger partial charge in [0.25, 0.3) is 5.91 Å². The van der Waals surface area contributed by atoms with E-state index in [0.717, 1.165) is 18.6 Å². The fourth-order valence-corrected chi connectivity index (χ4v) is 2.08. The van der Waals surface area contributed by atoms with Crippen molar-refractivity contribution in [2.75, 3.05) is 24.3 Å². The van der Waals surface area contributed by atoms with Crippen LogP contribution in [0.5, 0.6) is 0 Å².